The molecule has 28 heavy (non-hydrogen) atoms. The molecule has 0 bridgehead atoms. The number of amides is 2. The molecule has 2 unspecified atom stereocenters. The van der Waals surface area contributed by atoms with Crippen molar-refractivity contribution in [1.29, 1.82) is 0 Å². The molecule has 3 aliphatic carbocycles. The van der Waals surface area contributed by atoms with Crippen LogP contribution in [0.4, 0.5) is 0 Å². The van der Waals surface area contributed by atoms with Crippen molar-refractivity contribution in [2.75, 3.05) is 18.8 Å². The molecule has 0 aromatic carbocycles. The average molecular weight is 405 g/mol. The molecule has 2 aliphatic heterocycles. The maximum absolute atomic E-state index is 13.3. The Hall–Kier alpha value is -0.710. The van der Waals surface area contributed by atoms with Gasteiger partial charge in [0.2, 0.25) is 11.8 Å². The van der Waals surface area contributed by atoms with Crippen molar-refractivity contribution in [3.8, 4) is 0 Å². The van der Waals surface area contributed by atoms with E-state index in [0.29, 0.717) is 18.4 Å². The Balaban J connectivity index is 1.22. The SMILES string of the molecule is O=C(C1CC2CCCC[C@@H]2N1C(=O)CCSC(C1CC1)C1CC1)N1CCCC1. The third kappa shape index (κ3) is 3.97. The van der Waals surface area contributed by atoms with E-state index >= 15 is 0 Å². The molecule has 5 heteroatoms. The van der Waals surface area contributed by atoms with Crippen LogP contribution in [0.3, 0.4) is 0 Å². The number of rotatable bonds is 7. The summed E-state index contributed by atoms with van der Waals surface area (Å²) in [5, 5.41) is 0.816. The zero-order chi connectivity index (χ0) is 19.1. The van der Waals surface area contributed by atoms with Crippen molar-refractivity contribution in [3.05, 3.63) is 0 Å². The fourth-order valence-electron chi connectivity index (χ4n) is 6.11. The van der Waals surface area contributed by atoms with E-state index in [4.69, 9.17) is 0 Å². The van der Waals surface area contributed by atoms with Gasteiger partial charge >= 0.3 is 0 Å². The molecule has 5 aliphatic rings. The van der Waals surface area contributed by atoms with Crippen molar-refractivity contribution in [3.63, 3.8) is 0 Å². The minimum absolute atomic E-state index is 0.161. The van der Waals surface area contributed by atoms with Gasteiger partial charge in [-0.25, -0.2) is 0 Å². The van der Waals surface area contributed by atoms with Crippen molar-refractivity contribution in [2.45, 2.75) is 94.4 Å². The summed E-state index contributed by atoms with van der Waals surface area (Å²) in [6.45, 7) is 1.79. The maximum Gasteiger partial charge on any atom is 0.245 e. The number of carbonyl (C=O) groups is 2. The van der Waals surface area contributed by atoms with Crippen LogP contribution in [0.5, 0.6) is 0 Å². The molecule has 2 saturated heterocycles. The van der Waals surface area contributed by atoms with Gasteiger partial charge in [0.15, 0.2) is 0 Å². The third-order valence-corrected chi connectivity index (χ3v) is 9.47. The predicted molar refractivity (Wildman–Crippen MR) is 113 cm³/mol. The highest BCUT2D eigenvalue weighted by Crippen LogP contribution is 2.50. The summed E-state index contributed by atoms with van der Waals surface area (Å²) in [4.78, 5) is 30.7. The molecule has 5 rings (SSSR count). The fourth-order valence-corrected chi connectivity index (χ4v) is 7.76. The van der Waals surface area contributed by atoms with Crippen LogP contribution in [0.2, 0.25) is 0 Å². The molecule has 0 radical (unpaired) electrons. The van der Waals surface area contributed by atoms with Crippen molar-refractivity contribution in [2.24, 2.45) is 17.8 Å². The largest absolute Gasteiger partial charge is 0.341 e. The molecule has 2 amide bonds. The Morgan fingerprint density at radius 3 is 2.25 bits per heavy atom. The minimum atomic E-state index is -0.161. The summed E-state index contributed by atoms with van der Waals surface area (Å²) in [5.74, 6) is 3.91. The molecule has 5 fully saturated rings. The Bertz CT molecular complexity index is 585. The second-order valence-electron chi connectivity index (χ2n) is 9.96. The molecule has 0 aromatic heterocycles. The van der Waals surface area contributed by atoms with E-state index in [1.165, 1.54) is 44.9 Å². The van der Waals surface area contributed by atoms with Crippen LogP contribution in [0, 0.1) is 17.8 Å². The maximum atomic E-state index is 13.3. The van der Waals surface area contributed by atoms with E-state index in [2.05, 4.69) is 16.7 Å². The number of likely N-dealkylation sites (tertiary alicyclic amines) is 2. The molecule has 2 heterocycles. The number of thioether (sulfide) groups is 1. The molecular formula is C23H36N2O2S. The lowest BCUT2D eigenvalue weighted by Gasteiger charge is -2.34. The predicted octanol–water partition coefficient (Wildman–Crippen LogP) is 4.08. The lowest BCUT2D eigenvalue weighted by atomic mass is 9.84. The van der Waals surface area contributed by atoms with Crippen molar-refractivity contribution in [1.82, 2.24) is 9.80 Å². The van der Waals surface area contributed by atoms with Gasteiger partial charge in [0.1, 0.15) is 6.04 Å². The van der Waals surface area contributed by atoms with Gasteiger partial charge in [-0.15, -0.1) is 0 Å². The molecule has 0 aromatic rings. The van der Waals surface area contributed by atoms with Gasteiger partial charge in [-0.1, -0.05) is 12.8 Å². The van der Waals surface area contributed by atoms with Gasteiger partial charge < -0.3 is 9.80 Å². The third-order valence-electron chi connectivity index (χ3n) is 7.88. The van der Waals surface area contributed by atoms with Crippen LogP contribution in [0.1, 0.15) is 77.0 Å². The van der Waals surface area contributed by atoms with Crippen LogP contribution >= 0.6 is 11.8 Å². The van der Waals surface area contributed by atoms with E-state index in [1.807, 2.05) is 4.90 Å². The second-order valence-corrected chi connectivity index (χ2v) is 11.2. The first-order valence-electron chi connectivity index (χ1n) is 11.9. The van der Waals surface area contributed by atoms with Crippen LogP contribution in [-0.4, -0.2) is 57.8 Å². The highest BCUT2D eigenvalue weighted by Gasteiger charge is 2.48. The van der Waals surface area contributed by atoms with E-state index in [1.54, 1.807) is 0 Å². The first-order chi connectivity index (χ1) is 13.7. The van der Waals surface area contributed by atoms with Gasteiger partial charge in [0.05, 0.1) is 0 Å². The first kappa shape index (κ1) is 19.3. The Labute approximate surface area is 174 Å². The van der Waals surface area contributed by atoms with Gasteiger partial charge in [-0.2, -0.15) is 11.8 Å². The molecule has 3 saturated carbocycles. The molecule has 4 nitrogen and oxygen atoms in total. The number of nitrogens with zero attached hydrogens (tertiary/aromatic N) is 2. The Morgan fingerprint density at radius 2 is 1.57 bits per heavy atom. The topological polar surface area (TPSA) is 40.6 Å². The van der Waals surface area contributed by atoms with E-state index in [9.17, 15) is 9.59 Å². The summed E-state index contributed by atoms with van der Waals surface area (Å²) in [5.41, 5.74) is 0. The normalized spacial score (nSPS) is 32.8. The average Bonchev–Trinajstić information content (AvgIpc) is 3.63. The van der Waals surface area contributed by atoms with Gasteiger partial charge in [-0.3, -0.25) is 9.59 Å². The molecule has 0 spiro atoms. The lowest BCUT2D eigenvalue weighted by Crippen LogP contribution is -2.50. The Kier molecular flexibility index (Phi) is 5.64. The first-order valence-corrected chi connectivity index (χ1v) is 13.0. The summed E-state index contributed by atoms with van der Waals surface area (Å²) in [7, 11) is 0. The lowest BCUT2D eigenvalue weighted by molar-refractivity contribution is -0.145. The quantitative estimate of drug-likeness (QED) is 0.642. The van der Waals surface area contributed by atoms with E-state index < -0.39 is 0 Å². The monoisotopic (exact) mass is 404 g/mol. The van der Waals surface area contributed by atoms with Crippen molar-refractivity contribution >= 4 is 23.6 Å². The van der Waals surface area contributed by atoms with Crippen LogP contribution in [0.15, 0.2) is 0 Å². The zero-order valence-corrected chi connectivity index (χ0v) is 18.0. The molecule has 0 N–H and O–H groups in total. The summed E-state index contributed by atoms with van der Waals surface area (Å²) in [6.07, 6.45) is 14.2. The molecule has 3 atom stereocenters. The van der Waals surface area contributed by atoms with E-state index in [0.717, 1.165) is 61.6 Å². The van der Waals surface area contributed by atoms with Crippen molar-refractivity contribution < 1.29 is 9.59 Å². The fraction of sp³-hybridized carbons (Fsp3) is 0.913. The van der Waals surface area contributed by atoms with Crippen LogP contribution in [0.25, 0.3) is 0 Å². The van der Waals surface area contributed by atoms with Crippen LogP contribution in [-0.2, 0) is 9.59 Å². The molecule has 156 valence electrons. The summed E-state index contributed by atoms with van der Waals surface area (Å²) < 4.78 is 0. The number of carbonyl (C=O) groups excluding carboxylic acids is 2. The zero-order valence-electron chi connectivity index (χ0n) is 17.2. The highest BCUT2D eigenvalue weighted by atomic mass is 32.2. The number of hydrogen-bond donors (Lipinski definition) is 0. The summed E-state index contributed by atoms with van der Waals surface area (Å²) in [6, 6.07) is 0.178. The smallest absolute Gasteiger partial charge is 0.245 e. The van der Waals surface area contributed by atoms with E-state index in [-0.39, 0.29) is 17.9 Å². The van der Waals surface area contributed by atoms with Gasteiger partial charge in [-0.05, 0) is 75.5 Å². The van der Waals surface area contributed by atoms with Gasteiger partial charge in [0, 0.05) is 36.6 Å². The summed E-state index contributed by atoms with van der Waals surface area (Å²) >= 11 is 2.07. The highest BCUT2D eigenvalue weighted by molar-refractivity contribution is 7.99. The number of fused-ring (bicyclic) bond motifs is 1. The standard InChI is InChI=1S/C23H36N2O2S/c26-21(11-14-28-22(16-7-8-16)17-9-10-17)25-19-6-2-1-5-18(19)15-20(25)23(27)24-12-3-4-13-24/h16-20,22H,1-15H2/t18?,19-,20?/m0/s1. The van der Waals surface area contributed by atoms with Gasteiger partial charge in [0.25, 0.3) is 0 Å². The molecular weight excluding hydrogens is 368 g/mol. The number of hydrogen-bond acceptors (Lipinski definition) is 3. The Morgan fingerprint density at radius 1 is 0.893 bits per heavy atom. The van der Waals surface area contributed by atoms with Crippen LogP contribution < -0.4 is 0 Å². The minimum Gasteiger partial charge on any atom is -0.341 e. The second kappa shape index (κ2) is 8.20.